The third-order valence-corrected chi connectivity index (χ3v) is 3.74. The van der Waals surface area contributed by atoms with Crippen LogP contribution in [0.2, 0.25) is 0 Å². The summed E-state index contributed by atoms with van der Waals surface area (Å²) in [7, 11) is 3.72. The van der Waals surface area contributed by atoms with Crippen LogP contribution in [0.4, 0.5) is 0 Å². The Morgan fingerprint density at radius 1 is 1.39 bits per heavy atom. The van der Waals surface area contributed by atoms with Crippen molar-refractivity contribution in [3.8, 4) is 5.75 Å². The highest BCUT2D eigenvalue weighted by Crippen LogP contribution is 2.29. The lowest BCUT2D eigenvalue weighted by Crippen LogP contribution is -2.45. The monoisotopic (exact) mass is 249 g/mol. The van der Waals surface area contributed by atoms with Crippen molar-refractivity contribution >= 4 is 0 Å². The van der Waals surface area contributed by atoms with Crippen molar-refractivity contribution in [3.63, 3.8) is 0 Å². The first-order valence-electron chi connectivity index (χ1n) is 6.59. The highest BCUT2D eigenvalue weighted by Gasteiger charge is 2.32. The van der Waals surface area contributed by atoms with E-state index in [-0.39, 0.29) is 5.60 Å². The van der Waals surface area contributed by atoms with Crippen molar-refractivity contribution in [1.29, 1.82) is 0 Å². The molecule has 1 saturated heterocycles. The van der Waals surface area contributed by atoms with Gasteiger partial charge in [0.05, 0.1) is 12.7 Å². The van der Waals surface area contributed by atoms with Gasteiger partial charge in [0.2, 0.25) is 0 Å². The highest BCUT2D eigenvalue weighted by molar-refractivity contribution is 5.28. The van der Waals surface area contributed by atoms with Gasteiger partial charge >= 0.3 is 0 Å². The molecule has 100 valence electrons. The molecule has 1 aromatic rings. The summed E-state index contributed by atoms with van der Waals surface area (Å²) < 4.78 is 11.2. The quantitative estimate of drug-likeness (QED) is 0.889. The van der Waals surface area contributed by atoms with Crippen LogP contribution in [0.15, 0.2) is 24.3 Å². The van der Waals surface area contributed by atoms with Gasteiger partial charge in [-0.2, -0.15) is 0 Å². The van der Waals surface area contributed by atoms with E-state index in [1.165, 1.54) is 5.56 Å². The van der Waals surface area contributed by atoms with Crippen molar-refractivity contribution in [2.75, 3.05) is 20.8 Å². The Bertz CT molecular complexity index is 377. The number of hydrogen-bond acceptors (Lipinski definition) is 3. The molecule has 0 radical (unpaired) electrons. The minimum absolute atomic E-state index is 0.0550. The molecule has 0 bridgehead atoms. The summed E-state index contributed by atoms with van der Waals surface area (Å²) in [5.41, 5.74) is 1.25. The van der Waals surface area contributed by atoms with E-state index in [0.717, 1.165) is 31.6 Å². The molecule has 1 aliphatic heterocycles. The third-order valence-electron chi connectivity index (χ3n) is 3.74. The van der Waals surface area contributed by atoms with Gasteiger partial charge in [0.15, 0.2) is 0 Å². The summed E-state index contributed by atoms with van der Waals surface area (Å²) in [5.74, 6) is 0.904. The maximum absolute atomic E-state index is 5.99. The maximum atomic E-state index is 5.99. The Hall–Kier alpha value is -1.06. The van der Waals surface area contributed by atoms with E-state index < -0.39 is 0 Å². The van der Waals surface area contributed by atoms with Crippen LogP contribution in [0, 0.1) is 0 Å². The summed E-state index contributed by atoms with van der Waals surface area (Å²) >= 11 is 0. The topological polar surface area (TPSA) is 30.5 Å². The summed E-state index contributed by atoms with van der Waals surface area (Å²) in [5, 5.41) is 3.36. The fourth-order valence-electron chi connectivity index (χ4n) is 2.67. The van der Waals surface area contributed by atoms with Gasteiger partial charge in [-0.15, -0.1) is 0 Å². The molecule has 18 heavy (non-hydrogen) atoms. The summed E-state index contributed by atoms with van der Waals surface area (Å²) in [4.78, 5) is 0. The molecule has 0 spiro atoms. The highest BCUT2D eigenvalue weighted by atomic mass is 16.5. The van der Waals surface area contributed by atoms with Gasteiger partial charge in [-0.05, 0) is 44.5 Å². The number of benzene rings is 1. The molecule has 3 nitrogen and oxygen atoms in total. The first-order chi connectivity index (χ1) is 8.65. The number of methoxy groups -OCH3 is 1. The largest absolute Gasteiger partial charge is 0.497 e. The fraction of sp³-hybridized carbons (Fsp3) is 0.600. The lowest BCUT2D eigenvalue weighted by molar-refractivity contribution is -0.0744. The molecule has 1 aliphatic rings. The van der Waals surface area contributed by atoms with Crippen LogP contribution >= 0.6 is 0 Å². The Balaban J connectivity index is 2.02. The van der Waals surface area contributed by atoms with Crippen molar-refractivity contribution in [2.45, 2.75) is 37.8 Å². The first-order valence-corrected chi connectivity index (χ1v) is 6.59. The van der Waals surface area contributed by atoms with Crippen LogP contribution in [0.5, 0.6) is 5.75 Å². The van der Waals surface area contributed by atoms with Crippen LogP contribution in [0.25, 0.3) is 0 Å². The summed E-state index contributed by atoms with van der Waals surface area (Å²) in [6.45, 7) is 3.05. The van der Waals surface area contributed by atoms with E-state index in [1.54, 1.807) is 7.11 Å². The van der Waals surface area contributed by atoms with Crippen LogP contribution in [0.3, 0.4) is 0 Å². The lowest BCUT2D eigenvalue weighted by Gasteiger charge is -2.38. The van der Waals surface area contributed by atoms with Crippen LogP contribution in [-0.2, 0) is 11.2 Å². The van der Waals surface area contributed by atoms with E-state index in [2.05, 4.69) is 24.4 Å². The van der Waals surface area contributed by atoms with Crippen molar-refractivity contribution < 1.29 is 9.47 Å². The second kappa shape index (κ2) is 5.72. The second-order valence-electron chi connectivity index (χ2n) is 5.30. The predicted molar refractivity (Wildman–Crippen MR) is 73.1 cm³/mol. The van der Waals surface area contributed by atoms with Gasteiger partial charge in [0.1, 0.15) is 5.75 Å². The molecule has 1 aromatic carbocycles. The minimum atomic E-state index is -0.0550. The van der Waals surface area contributed by atoms with E-state index in [9.17, 15) is 0 Å². The van der Waals surface area contributed by atoms with E-state index >= 15 is 0 Å². The predicted octanol–water partition coefficient (Wildman–Crippen LogP) is 2.39. The van der Waals surface area contributed by atoms with Crippen LogP contribution in [-0.4, -0.2) is 32.4 Å². The fourth-order valence-corrected chi connectivity index (χ4v) is 2.67. The molecule has 1 heterocycles. The standard InChI is InChI=1S/C15H23NO2/c1-15(11-13(16-2)8-9-18-15)10-12-4-6-14(17-3)7-5-12/h4-7,13,16H,8-11H2,1-3H3. The van der Waals surface area contributed by atoms with Gasteiger partial charge in [0, 0.05) is 19.1 Å². The number of rotatable bonds is 4. The van der Waals surface area contributed by atoms with Gasteiger partial charge < -0.3 is 14.8 Å². The zero-order valence-electron chi connectivity index (χ0n) is 11.5. The Morgan fingerprint density at radius 3 is 2.72 bits per heavy atom. The van der Waals surface area contributed by atoms with Crippen LogP contribution in [0.1, 0.15) is 25.3 Å². The average Bonchev–Trinajstić information content (AvgIpc) is 2.39. The zero-order valence-corrected chi connectivity index (χ0v) is 11.5. The van der Waals surface area contributed by atoms with Crippen molar-refractivity contribution in [3.05, 3.63) is 29.8 Å². The molecule has 2 rings (SSSR count). The zero-order chi connectivity index (χ0) is 13.0. The molecule has 0 aromatic heterocycles. The first kappa shape index (κ1) is 13.4. The Kier molecular flexibility index (Phi) is 4.25. The molecule has 3 heteroatoms. The van der Waals surface area contributed by atoms with Crippen molar-refractivity contribution in [2.24, 2.45) is 0 Å². The maximum Gasteiger partial charge on any atom is 0.118 e. The van der Waals surface area contributed by atoms with Gasteiger partial charge in [-0.3, -0.25) is 0 Å². The number of nitrogens with one attached hydrogen (secondary N) is 1. The molecule has 1 fully saturated rings. The molecule has 0 saturated carbocycles. The normalized spacial score (nSPS) is 28.1. The van der Waals surface area contributed by atoms with Gasteiger partial charge in [-0.25, -0.2) is 0 Å². The molecular weight excluding hydrogens is 226 g/mol. The summed E-state index contributed by atoms with van der Waals surface area (Å²) in [6.07, 6.45) is 3.12. The Morgan fingerprint density at radius 2 is 2.11 bits per heavy atom. The van der Waals surface area contributed by atoms with E-state index in [1.807, 2.05) is 19.2 Å². The molecule has 0 aliphatic carbocycles. The van der Waals surface area contributed by atoms with Crippen LogP contribution < -0.4 is 10.1 Å². The number of ether oxygens (including phenoxy) is 2. The molecule has 2 unspecified atom stereocenters. The Labute approximate surface area is 109 Å². The lowest BCUT2D eigenvalue weighted by atomic mass is 9.86. The molecular formula is C15H23NO2. The smallest absolute Gasteiger partial charge is 0.118 e. The minimum Gasteiger partial charge on any atom is -0.497 e. The van der Waals surface area contributed by atoms with Crippen molar-refractivity contribution in [1.82, 2.24) is 5.32 Å². The molecule has 2 atom stereocenters. The average molecular weight is 249 g/mol. The van der Waals surface area contributed by atoms with E-state index in [4.69, 9.17) is 9.47 Å². The summed E-state index contributed by atoms with van der Waals surface area (Å²) in [6, 6.07) is 8.84. The van der Waals surface area contributed by atoms with E-state index in [0.29, 0.717) is 6.04 Å². The second-order valence-corrected chi connectivity index (χ2v) is 5.30. The molecule has 1 N–H and O–H groups in total. The third kappa shape index (κ3) is 3.24. The molecule has 0 amide bonds. The SMILES string of the molecule is CNC1CCOC(C)(Cc2ccc(OC)cc2)C1. The van der Waals surface area contributed by atoms with Gasteiger partial charge in [0.25, 0.3) is 0 Å². The van der Waals surface area contributed by atoms with Gasteiger partial charge in [-0.1, -0.05) is 12.1 Å². The number of hydrogen-bond donors (Lipinski definition) is 1.